The Bertz CT molecular complexity index is 810. The van der Waals surface area contributed by atoms with Gasteiger partial charge in [-0.05, 0) is 47.8 Å². The van der Waals surface area contributed by atoms with E-state index in [-0.39, 0.29) is 6.54 Å². The third-order valence-electron chi connectivity index (χ3n) is 3.92. The molecule has 0 bridgehead atoms. The number of hydrogen-bond acceptors (Lipinski definition) is 8. The topological polar surface area (TPSA) is 94.1 Å². The summed E-state index contributed by atoms with van der Waals surface area (Å²) in [5.74, 6) is -3.97. The highest BCUT2D eigenvalue weighted by molar-refractivity contribution is 7.17. The Kier molecular flexibility index (Phi) is 6.57. The molecule has 0 fully saturated rings. The van der Waals surface area contributed by atoms with Crippen LogP contribution in [0.25, 0.3) is 10.1 Å². The summed E-state index contributed by atoms with van der Waals surface area (Å²) in [4.78, 5) is 22.6. The summed E-state index contributed by atoms with van der Waals surface area (Å²) in [5, 5.41) is 16.2. The highest BCUT2D eigenvalue weighted by Gasteiger charge is 2.37. The fourth-order valence-corrected chi connectivity index (χ4v) is 3.39. The van der Waals surface area contributed by atoms with E-state index in [4.69, 9.17) is 4.74 Å². The third-order valence-corrected chi connectivity index (χ3v) is 4.82. The molecule has 0 atom stereocenters. The van der Waals surface area contributed by atoms with Gasteiger partial charge in [-0.15, -0.1) is 11.3 Å². The fraction of sp³-hybridized carbons (Fsp3) is 0.368. The molecule has 2 N–H and O–H groups in total. The van der Waals surface area contributed by atoms with Crippen LogP contribution in [0.1, 0.15) is 12.0 Å². The van der Waals surface area contributed by atoms with E-state index < -0.39 is 17.9 Å². The van der Waals surface area contributed by atoms with Crippen molar-refractivity contribution < 1.29 is 28.9 Å². The Morgan fingerprint density at radius 3 is 2.67 bits per heavy atom. The normalized spacial score (nSPS) is 16.2. The number of fused-ring (bicyclic) bond motifs is 1. The predicted octanol–water partition coefficient (Wildman–Crippen LogP) is 1.74. The highest BCUT2D eigenvalue weighted by Crippen LogP contribution is 2.21. The molecule has 0 radical (unpaired) electrons. The number of rotatable bonds is 9. The Morgan fingerprint density at radius 2 is 1.89 bits per heavy atom. The number of carbonyl (C=O) groups is 2. The smallest absolute Gasteiger partial charge is 0.387 e. The van der Waals surface area contributed by atoms with Crippen LogP contribution in [0.15, 0.2) is 41.8 Å². The minimum Gasteiger partial charge on any atom is -0.394 e. The van der Waals surface area contributed by atoms with Crippen LogP contribution < -0.4 is 5.32 Å². The highest BCUT2D eigenvalue weighted by atomic mass is 32.1. The van der Waals surface area contributed by atoms with Crippen molar-refractivity contribution in [3.8, 4) is 0 Å². The minimum atomic E-state index is -2.29. The summed E-state index contributed by atoms with van der Waals surface area (Å²) in [6.07, 6.45) is 3.35. The van der Waals surface area contributed by atoms with Gasteiger partial charge in [-0.1, -0.05) is 12.1 Å². The van der Waals surface area contributed by atoms with Crippen LogP contribution in [0.4, 0.5) is 0 Å². The van der Waals surface area contributed by atoms with Crippen LogP contribution >= 0.6 is 11.3 Å². The first-order valence-electron chi connectivity index (χ1n) is 8.65. The third kappa shape index (κ3) is 5.86. The molecule has 1 aliphatic rings. The summed E-state index contributed by atoms with van der Waals surface area (Å²) >= 11 is 1.73. The van der Waals surface area contributed by atoms with Gasteiger partial charge in [0.1, 0.15) is 6.54 Å². The summed E-state index contributed by atoms with van der Waals surface area (Å²) in [6, 6.07) is 8.55. The molecule has 1 aromatic heterocycles. The number of carbonyl (C=O) groups excluding carboxylic acids is 2. The van der Waals surface area contributed by atoms with Gasteiger partial charge in [0.2, 0.25) is 0 Å². The van der Waals surface area contributed by atoms with E-state index in [0.29, 0.717) is 26.2 Å². The van der Waals surface area contributed by atoms with E-state index in [9.17, 15) is 14.7 Å². The number of thiophene rings is 1. The van der Waals surface area contributed by atoms with Crippen molar-refractivity contribution in [1.29, 1.82) is 0 Å². The van der Waals surface area contributed by atoms with Crippen molar-refractivity contribution in [2.24, 2.45) is 0 Å². The summed E-state index contributed by atoms with van der Waals surface area (Å²) in [5.41, 5.74) is 1.24. The lowest BCUT2D eigenvalue weighted by Gasteiger charge is -2.24. The molecular weight excluding hydrogens is 370 g/mol. The SMILES string of the molecule is O=C1C=CC(=O)OC(O)(CNCCCOCCc2ccc3sccc3c2)O1. The van der Waals surface area contributed by atoms with E-state index >= 15 is 0 Å². The molecule has 0 amide bonds. The molecule has 2 heterocycles. The zero-order valence-corrected chi connectivity index (χ0v) is 15.5. The number of hydrogen-bond donors (Lipinski definition) is 2. The average Bonchev–Trinajstić information content (AvgIpc) is 3.04. The molecule has 0 spiro atoms. The van der Waals surface area contributed by atoms with E-state index in [1.807, 2.05) is 0 Å². The standard InChI is InChI=1S/C19H21NO6S/c21-17-4-5-18(22)26-19(23,25-17)13-20-8-1-9-24-10-6-14-2-3-16-15(12-14)7-11-27-16/h2-5,7,11-12,20,23H,1,6,8-10,13H2. The maximum absolute atomic E-state index is 11.3. The summed E-state index contributed by atoms with van der Waals surface area (Å²) in [6.45, 7) is 1.46. The van der Waals surface area contributed by atoms with Gasteiger partial charge in [-0.2, -0.15) is 0 Å². The van der Waals surface area contributed by atoms with E-state index in [0.717, 1.165) is 18.6 Å². The van der Waals surface area contributed by atoms with Gasteiger partial charge >= 0.3 is 17.9 Å². The van der Waals surface area contributed by atoms with E-state index in [2.05, 4.69) is 44.4 Å². The lowest BCUT2D eigenvalue weighted by Crippen LogP contribution is -2.47. The van der Waals surface area contributed by atoms with Crippen LogP contribution in [0.2, 0.25) is 0 Å². The summed E-state index contributed by atoms with van der Waals surface area (Å²) in [7, 11) is 0. The lowest BCUT2D eigenvalue weighted by atomic mass is 10.1. The number of cyclic esters (lactones) is 2. The van der Waals surface area contributed by atoms with E-state index in [1.165, 1.54) is 15.6 Å². The van der Waals surface area contributed by atoms with Gasteiger partial charge in [0.05, 0.1) is 6.61 Å². The Morgan fingerprint density at radius 1 is 1.11 bits per heavy atom. The molecule has 0 saturated heterocycles. The Hall–Kier alpha value is -2.26. The molecule has 3 rings (SSSR count). The maximum atomic E-state index is 11.3. The minimum absolute atomic E-state index is 0.215. The number of ether oxygens (including phenoxy) is 3. The fourth-order valence-electron chi connectivity index (χ4n) is 2.62. The largest absolute Gasteiger partial charge is 0.394 e. The van der Waals surface area contributed by atoms with Crippen LogP contribution in [-0.4, -0.2) is 49.3 Å². The van der Waals surface area contributed by atoms with Crippen molar-refractivity contribution in [2.45, 2.75) is 18.8 Å². The zero-order valence-electron chi connectivity index (χ0n) is 14.7. The van der Waals surface area contributed by atoms with Crippen LogP contribution in [0.3, 0.4) is 0 Å². The molecule has 144 valence electrons. The monoisotopic (exact) mass is 391 g/mol. The maximum Gasteiger partial charge on any atom is 0.387 e. The quantitative estimate of drug-likeness (QED) is 0.497. The lowest BCUT2D eigenvalue weighted by molar-refractivity contribution is -0.315. The van der Waals surface area contributed by atoms with Gasteiger partial charge in [-0.3, -0.25) is 0 Å². The molecule has 1 aromatic carbocycles. The van der Waals surface area contributed by atoms with Crippen LogP contribution in [-0.2, 0) is 30.2 Å². The number of esters is 2. The molecule has 7 nitrogen and oxygen atoms in total. The summed E-state index contributed by atoms with van der Waals surface area (Å²) < 4.78 is 16.3. The first-order chi connectivity index (χ1) is 13.0. The molecule has 0 aliphatic carbocycles. The van der Waals surface area contributed by atoms with E-state index in [1.54, 1.807) is 11.3 Å². The second-order valence-electron chi connectivity index (χ2n) is 6.07. The Labute approximate surface area is 160 Å². The second kappa shape index (κ2) is 9.09. The molecule has 0 unspecified atom stereocenters. The van der Waals surface area contributed by atoms with Crippen molar-refractivity contribution in [3.63, 3.8) is 0 Å². The van der Waals surface area contributed by atoms with Crippen molar-refractivity contribution >= 4 is 33.4 Å². The molecule has 8 heteroatoms. The van der Waals surface area contributed by atoms with Crippen molar-refractivity contribution in [1.82, 2.24) is 5.32 Å². The van der Waals surface area contributed by atoms with Gasteiger partial charge in [-0.25, -0.2) is 9.59 Å². The molecule has 0 saturated carbocycles. The predicted molar refractivity (Wildman–Crippen MR) is 100 cm³/mol. The number of aliphatic hydroxyl groups is 1. The van der Waals surface area contributed by atoms with Gasteiger partial charge in [0.25, 0.3) is 0 Å². The van der Waals surface area contributed by atoms with Gasteiger partial charge in [0.15, 0.2) is 0 Å². The first-order valence-corrected chi connectivity index (χ1v) is 9.53. The zero-order chi connectivity index (χ0) is 19.1. The van der Waals surface area contributed by atoms with Gasteiger partial charge in [0, 0.05) is 23.5 Å². The number of nitrogens with one attached hydrogen (secondary N) is 1. The average molecular weight is 391 g/mol. The first kappa shape index (κ1) is 19.5. The van der Waals surface area contributed by atoms with Crippen molar-refractivity contribution in [3.05, 3.63) is 47.4 Å². The van der Waals surface area contributed by atoms with Crippen molar-refractivity contribution in [2.75, 3.05) is 26.3 Å². The molecule has 1 aliphatic heterocycles. The Balaban J connectivity index is 1.28. The van der Waals surface area contributed by atoms with Gasteiger partial charge < -0.3 is 24.6 Å². The molecule has 2 aromatic rings. The van der Waals surface area contributed by atoms with Crippen LogP contribution in [0.5, 0.6) is 0 Å². The molecule has 27 heavy (non-hydrogen) atoms. The molecular formula is C19H21NO6S. The van der Waals surface area contributed by atoms with Crippen LogP contribution in [0, 0.1) is 0 Å². The second-order valence-corrected chi connectivity index (χ2v) is 7.02. The number of benzene rings is 1.